The molecule has 0 radical (unpaired) electrons. The predicted octanol–water partition coefficient (Wildman–Crippen LogP) is 2.64. The lowest BCUT2D eigenvalue weighted by Crippen LogP contribution is -2.00. The number of nitrogens with zero attached hydrogens (tertiary/aromatic N) is 8. The van der Waals surface area contributed by atoms with Crippen molar-refractivity contribution in [2.24, 2.45) is 7.05 Å². The second-order valence-electron chi connectivity index (χ2n) is 7.75. The van der Waals surface area contributed by atoms with E-state index in [1.165, 1.54) is 18.4 Å². The van der Waals surface area contributed by atoms with Crippen molar-refractivity contribution in [2.75, 3.05) is 0 Å². The van der Waals surface area contributed by atoms with E-state index in [2.05, 4.69) is 37.3 Å². The summed E-state index contributed by atoms with van der Waals surface area (Å²) in [5.41, 5.74) is 5.14. The highest BCUT2D eigenvalue weighted by Crippen LogP contribution is 2.54. The molecule has 2 aliphatic carbocycles. The van der Waals surface area contributed by atoms with E-state index in [1.54, 1.807) is 4.52 Å². The van der Waals surface area contributed by atoms with Crippen molar-refractivity contribution >= 4 is 5.65 Å². The molecule has 4 aromatic rings. The molecule has 2 unspecified atom stereocenters. The Morgan fingerprint density at radius 1 is 1.07 bits per heavy atom. The number of aryl methyl sites for hydroxylation is 2. The smallest absolute Gasteiger partial charge is 0.177 e. The maximum absolute atomic E-state index is 4.78. The third-order valence-electron chi connectivity index (χ3n) is 5.72. The minimum atomic E-state index is 0.474. The Morgan fingerprint density at radius 3 is 2.81 bits per heavy atom. The second-order valence-corrected chi connectivity index (χ2v) is 7.75. The van der Waals surface area contributed by atoms with Gasteiger partial charge in [-0.25, -0.2) is 0 Å². The van der Waals surface area contributed by atoms with Crippen LogP contribution in [0.2, 0.25) is 0 Å². The predicted molar refractivity (Wildman–Crippen MR) is 98.3 cm³/mol. The van der Waals surface area contributed by atoms with Gasteiger partial charge in [-0.05, 0) is 55.9 Å². The lowest BCUT2D eigenvalue weighted by atomic mass is 10.1. The molecule has 2 aliphatic rings. The van der Waals surface area contributed by atoms with Gasteiger partial charge in [0.15, 0.2) is 11.5 Å². The van der Waals surface area contributed by atoms with E-state index < -0.39 is 0 Å². The summed E-state index contributed by atoms with van der Waals surface area (Å²) in [6.07, 6.45) is 7.95. The molecule has 0 aromatic carbocycles. The molecule has 0 N–H and O–H groups in total. The van der Waals surface area contributed by atoms with Crippen LogP contribution in [0.15, 0.2) is 30.6 Å². The Kier molecular flexibility index (Phi) is 2.93. The lowest BCUT2D eigenvalue weighted by Gasteiger charge is -2.01. The molecule has 2 atom stereocenters. The minimum Gasteiger partial charge on any atom is -0.269 e. The quantitative estimate of drug-likeness (QED) is 0.559. The van der Waals surface area contributed by atoms with Gasteiger partial charge in [-0.1, -0.05) is 0 Å². The largest absolute Gasteiger partial charge is 0.269 e. The molecular weight excluding hydrogens is 340 g/mol. The zero-order valence-electron chi connectivity index (χ0n) is 15.3. The first-order chi connectivity index (χ1) is 13.2. The molecule has 2 fully saturated rings. The van der Waals surface area contributed by atoms with Gasteiger partial charge < -0.3 is 0 Å². The minimum absolute atomic E-state index is 0.474. The Balaban J connectivity index is 1.29. The van der Waals surface area contributed by atoms with Gasteiger partial charge in [-0.3, -0.25) is 9.36 Å². The van der Waals surface area contributed by atoms with Crippen LogP contribution >= 0.6 is 0 Å². The van der Waals surface area contributed by atoms with E-state index >= 15 is 0 Å². The van der Waals surface area contributed by atoms with Gasteiger partial charge in [0, 0.05) is 19.2 Å². The van der Waals surface area contributed by atoms with E-state index in [4.69, 9.17) is 5.10 Å². The summed E-state index contributed by atoms with van der Waals surface area (Å²) in [5, 5.41) is 22.2. The van der Waals surface area contributed by atoms with Gasteiger partial charge >= 0.3 is 0 Å². The highest BCUT2D eigenvalue weighted by Gasteiger charge is 2.42. The molecule has 2 saturated carbocycles. The fraction of sp³-hybridized carbons (Fsp3) is 0.421. The molecule has 0 aliphatic heterocycles. The average molecular weight is 360 g/mol. The first-order valence-corrected chi connectivity index (χ1v) is 9.45. The number of hydrogen-bond donors (Lipinski definition) is 0. The van der Waals surface area contributed by atoms with Crippen molar-refractivity contribution < 1.29 is 0 Å². The Bertz CT molecular complexity index is 1160. The van der Waals surface area contributed by atoms with Crippen LogP contribution in [0.5, 0.6) is 0 Å². The van der Waals surface area contributed by atoms with E-state index in [0.29, 0.717) is 17.9 Å². The summed E-state index contributed by atoms with van der Waals surface area (Å²) >= 11 is 0. The molecule has 136 valence electrons. The van der Waals surface area contributed by atoms with Crippen molar-refractivity contribution in [3.05, 3.63) is 47.7 Å². The Labute approximate surface area is 155 Å². The zero-order valence-corrected chi connectivity index (χ0v) is 15.3. The summed E-state index contributed by atoms with van der Waals surface area (Å²) in [4.78, 5) is 0. The molecule has 8 heteroatoms. The zero-order chi connectivity index (χ0) is 18.1. The van der Waals surface area contributed by atoms with Crippen LogP contribution in [-0.2, 0) is 7.05 Å². The molecule has 0 bridgehead atoms. The fourth-order valence-electron chi connectivity index (χ4n) is 3.92. The molecular formula is C19H20N8. The summed E-state index contributed by atoms with van der Waals surface area (Å²) in [6, 6.07) is 6.74. The molecule has 0 spiro atoms. The Morgan fingerprint density at radius 2 is 1.96 bits per heavy atom. The van der Waals surface area contributed by atoms with E-state index in [9.17, 15) is 0 Å². The number of fused-ring (bicyclic) bond motifs is 1. The molecule has 6 rings (SSSR count). The van der Waals surface area contributed by atoms with Crippen LogP contribution in [0.3, 0.4) is 0 Å². The highest BCUT2D eigenvalue weighted by atomic mass is 15.4. The summed E-state index contributed by atoms with van der Waals surface area (Å²) in [5.74, 6) is 1.79. The first kappa shape index (κ1) is 15.1. The normalized spacial score (nSPS) is 21.9. The lowest BCUT2D eigenvalue weighted by molar-refractivity contribution is 0.641. The van der Waals surface area contributed by atoms with E-state index in [-0.39, 0.29) is 0 Å². The molecule has 0 amide bonds. The average Bonchev–Trinajstić information content (AvgIpc) is 3.56. The standard InChI is InChI=1S/C19H20N8/c1-11-21-22-19-6-5-16(24-27(11)19)18-8-17(23-25(18)2)15-7-14(15)12-9-20-26(10-12)13-3-4-13/h5-6,8-10,13-15H,3-4,7H2,1-2H3. The number of aromatic nitrogens is 8. The van der Waals surface area contributed by atoms with Crippen LogP contribution in [-0.4, -0.2) is 39.4 Å². The van der Waals surface area contributed by atoms with Crippen LogP contribution in [0.25, 0.3) is 17.0 Å². The van der Waals surface area contributed by atoms with Gasteiger partial charge in [-0.15, -0.1) is 10.2 Å². The maximum Gasteiger partial charge on any atom is 0.177 e. The van der Waals surface area contributed by atoms with Gasteiger partial charge in [0.05, 0.1) is 23.6 Å². The number of rotatable bonds is 4. The summed E-state index contributed by atoms with van der Waals surface area (Å²) < 4.78 is 5.83. The topological polar surface area (TPSA) is 78.7 Å². The highest BCUT2D eigenvalue weighted by molar-refractivity contribution is 5.57. The van der Waals surface area contributed by atoms with Gasteiger partial charge in [-0.2, -0.15) is 19.8 Å². The van der Waals surface area contributed by atoms with Gasteiger partial charge in [0.25, 0.3) is 0 Å². The third-order valence-corrected chi connectivity index (χ3v) is 5.72. The van der Waals surface area contributed by atoms with Crippen LogP contribution in [0, 0.1) is 6.92 Å². The molecule has 8 nitrogen and oxygen atoms in total. The molecule has 4 aromatic heterocycles. The van der Waals surface area contributed by atoms with Crippen molar-refractivity contribution in [1.29, 1.82) is 0 Å². The van der Waals surface area contributed by atoms with Crippen molar-refractivity contribution in [3.8, 4) is 11.4 Å². The Hall–Kier alpha value is -3.03. The summed E-state index contributed by atoms with van der Waals surface area (Å²) in [6.45, 7) is 1.90. The van der Waals surface area contributed by atoms with Gasteiger partial charge in [0.1, 0.15) is 5.69 Å². The summed E-state index contributed by atoms with van der Waals surface area (Å²) in [7, 11) is 1.98. The maximum atomic E-state index is 4.78. The van der Waals surface area contributed by atoms with Crippen molar-refractivity contribution in [1.82, 2.24) is 39.4 Å². The van der Waals surface area contributed by atoms with Crippen LogP contribution in [0.4, 0.5) is 0 Å². The number of hydrogen-bond acceptors (Lipinski definition) is 5. The fourth-order valence-corrected chi connectivity index (χ4v) is 3.92. The SMILES string of the molecule is Cc1nnc2ccc(-c3cc(C4CC4c4cnn(C5CC5)c4)nn3C)nn12. The van der Waals surface area contributed by atoms with Crippen molar-refractivity contribution in [2.45, 2.75) is 44.1 Å². The van der Waals surface area contributed by atoms with Crippen LogP contribution in [0.1, 0.15) is 54.2 Å². The second kappa shape index (κ2) is 5.25. The van der Waals surface area contributed by atoms with Gasteiger partial charge in [0.2, 0.25) is 0 Å². The molecule has 4 heterocycles. The third kappa shape index (κ3) is 2.39. The van der Waals surface area contributed by atoms with Crippen molar-refractivity contribution in [3.63, 3.8) is 0 Å². The molecule has 27 heavy (non-hydrogen) atoms. The van der Waals surface area contributed by atoms with Crippen LogP contribution < -0.4 is 0 Å². The monoisotopic (exact) mass is 360 g/mol. The molecule has 0 saturated heterocycles. The first-order valence-electron chi connectivity index (χ1n) is 9.45. The van der Waals surface area contributed by atoms with E-state index in [1.807, 2.05) is 37.0 Å². The van der Waals surface area contributed by atoms with E-state index in [0.717, 1.165) is 35.0 Å².